The van der Waals surface area contributed by atoms with Crippen LogP contribution in [-0.2, 0) is 18.9 Å². The molecule has 0 unspecified atom stereocenters. The molecule has 10 heteroatoms. The van der Waals surface area contributed by atoms with Crippen molar-refractivity contribution in [1.82, 2.24) is 21.3 Å². The minimum Gasteiger partial charge on any atom is -0.431 e. The van der Waals surface area contributed by atoms with Gasteiger partial charge in [0.2, 0.25) is 0 Å². The van der Waals surface area contributed by atoms with Crippen LogP contribution < -0.4 is 21.3 Å². The molecule has 0 aromatic carbocycles. The van der Waals surface area contributed by atoms with E-state index in [0.29, 0.717) is 0 Å². The zero-order valence-electron chi connectivity index (χ0n) is 33.4. The Bertz CT molecular complexity index is 906. The van der Waals surface area contributed by atoms with Crippen LogP contribution >= 0.6 is 0 Å². The van der Waals surface area contributed by atoms with E-state index in [0.717, 1.165) is 51.4 Å². The number of rotatable bonds is 4. The number of carbonyl (C=O) groups is 2. The van der Waals surface area contributed by atoms with Gasteiger partial charge < -0.3 is 40.2 Å². The second-order valence-electron chi connectivity index (χ2n) is 20.7. The molecule has 280 valence electrons. The molecular weight excluding hydrogens is 608 g/mol. The molecule has 0 spiro atoms. The lowest BCUT2D eigenvalue weighted by Gasteiger charge is -2.47. The standard InChI is InChI=1S/2C19H36N2O3/c2*1-16(2)9-13(10-17(3,4)20-16)23-15(22)24-14-11-18(5,6)21-19(7,8)12-14/h2*13-14,20-21H,9-12H2,1-8H3. The Labute approximate surface area is 292 Å². The molecule has 48 heavy (non-hydrogen) atoms. The van der Waals surface area contributed by atoms with E-state index in [-0.39, 0.29) is 68.7 Å². The maximum Gasteiger partial charge on any atom is 0.508 e. The summed E-state index contributed by atoms with van der Waals surface area (Å²) in [7, 11) is 0. The summed E-state index contributed by atoms with van der Waals surface area (Å²) in [6, 6.07) is 0. The molecule has 4 heterocycles. The molecule has 0 saturated carbocycles. The highest BCUT2D eigenvalue weighted by Gasteiger charge is 2.44. The summed E-state index contributed by atoms with van der Waals surface area (Å²) in [5.41, 5.74) is -0.401. The van der Waals surface area contributed by atoms with Crippen LogP contribution in [0.25, 0.3) is 0 Å². The van der Waals surface area contributed by atoms with Crippen LogP contribution in [0.5, 0.6) is 0 Å². The number of piperidine rings is 4. The van der Waals surface area contributed by atoms with Gasteiger partial charge in [0.25, 0.3) is 0 Å². The highest BCUT2D eigenvalue weighted by Crippen LogP contribution is 2.35. The van der Waals surface area contributed by atoms with Gasteiger partial charge in [-0.1, -0.05) is 0 Å². The van der Waals surface area contributed by atoms with E-state index < -0.39 is 12.3 Å². The fourth-order valence-corrected chi connectivity index (χ4v) is 9.85. The zero-order chi connectivity index (χ0) is 36.8. The average Bonchev–Trinajstić information content (AvgIpc) is 2.69. The number of nitrogens with one attached hydrogen (secondary N) is 4. The van der Waals surface area contributed by atoms with E-state index in [1.165, 1.54) is 0 Å². The maximum atomic E-state index is 12.3. The van der Waals surface area contributed by atoms with Crippen LogP contribution in [0.2, 0.25) is 0 Å². The lowest BCUT2D eigenvalue weighted by atomic mass is 9.81. The first kappa shape index (κ1) is 40.8. The first-order valence-electron chi connectivity index (χ1n) is 18.3. The van der Waals surface area contributed by atoms with Crippen molar-refractivity contribution in [2.45, 2.75) is 231 Å². The van der Waals surface area contributed by atoms with E-state index in [1.807, 2.05) is 0 Å². The van der Waals surface area contributed by atoms with Crippen molar-refractivity contribution in [3.05, 3.63) is 0 Å². The molecule has 4 fully saturated rings. The summed E-state index contributed by atoms with van der Waals surface area (Å²) in [6.45, 7) is 34.3. The van der Waals surface area contributed by atoms with Gasteiger partial charge in [0.05, 0.1) is 0 Å². The lowest BCUT2D eigenvalue weighted by Crippen LogP contribution is -2.60. The number of hydrogen-bond acceptors (Lipinski definition) is 10. The minimum atomic E-state index is -0.521. The van der Waals surface area contributed by atoms with Gasteiger partial charge in [-0.3, -0.25) is 0 Å². The Morgan fingerprint density at radius 3 is 0.583 bits per heavy atom. The van der Waals surface area contributed by atoms with E-state index in [4.69, 9.17) is 18.9 Å². The normalized spacial score (nSPS) is 29.0. The second kappa shape index (κ2) is 13.8. The Morgan fingerprint density at radius 1 is 0.333 bits per heavy atom. The predicted molar refractivity (Wildman–Crippen MR) is 192 cm³/mol. The molecule has 4 N–H and O–H groups in total. The van der Waals surface area contributed by atoms with Crippen molar-refractivity contribution in [2.75, 3.05) is 0 Å². The highest BCUT2D eigenvalue weighted by atomic mass is 16.7. The van der Waals surface area contributed by atoms with Gasteiger partial charge in [0.1, 0.15) is 24.4 Å². The molecule has 0 radical (unpaired) electrons. The van der Waals surface area contributed by atoms with Crippen LogP contribution in [0.15, 0.2) is 0 Å². The summed E-state index contributed by atoms with van der Waals surface area (Å²) in [4.78, 5) is 24.7. The third-order valence-corrected chi connectivity index (χ3v) is 9.66. The van der Waals surface area contributed by atoms with E-state index in [9.17, 15) is 9.59 Å². The molecule has 4 saturated heterocycles. The Hall–Kier alpha value is -1.62. The first-order chi connectivity index (χ1) is 21.3. The molecule has 10 nitrogen and oxygen atoms in total. The molecule has 0 atom stereocenters. The zero-order valence-corrected chi connectivity index (χ0v) is 33.4. The Morgan fingerprint density at radius 2 is 0.458 bits per heavy atom. The molecular formula is C38H72N4O6. The van der Waals surface area contributed by atoms with Gasteiger partial charge in [-0.25, -0.2) is 9.59 Å². The number of hydrogen-bond donors (Lipinski definition) is 4. The van der Waals surface area contributed by atoms with Gasteiger partial charge in [-0.05, 0) is 111 Å². The molecule has 4 aliphatic rings. The molecule has 0 aromatic heterocycles. The molecule has 0 bridgehead atoms. The van der Waals surface area contributed by atoms with Crippen LogP contribution in [0, 0.1) is 0 Å². The van der Waals surface area contributed by atoms with Crippen LogP contribution in [0.1, 0.15) is 162 Å². The minimum absolute atomic E-state index is 0.0502. The third-order valence-electron chi connectivity index (χ3n) is 9.66. The maximum absolute atomic E-state index is 12.3. The monoisotopic (exact) mass is 681 g/mol. The quantitative estimate of drug-likeness (QED) is 0.222. The van der Waals surface area contributed by atoms with Crippen molar-refractivity contribution >= 4 is 12.3 Å². The summed E-state index contributed by atoms with van der Waals surface area (Å²) < 4.78 is 22.7. The Kier molecular flexibility index (Phi) is 11.8. The van der Waals surface area contributed by atoms with Gasteiger partial charge in [0, 0.05) is 95.7 Å². The highest BCUT2D eigenvalue weighted by molar-refractivity contribution is 5.61. The molecule has 4 rings (SSSR count). The third kappa shape index (κ3) is 13.6. The average molecular weight is 681 g/mol. The second-order valence-corrected chi connectivity index (χ2v) is 20.7. The smallest absolute Gasteiger partial charge is 0.431 e. The summed E-state index contributed by atoms with van der Waals surface area (Å²) >= 11 is 0. The molecule has 4 aliphatic heterocycles. The predicted octanol–water partition coefficient (Wildman–Crippen LogP) is 7.52. The summed E-state index contributed by atoms with van der Waals surface area (Å²) in [5.74, 6) is 0. The number of ether oxygens (including phenoxy) is 4. The van der Waals surface area contributed by atoms with Crippen molar-refractivity contribution in [3.63, 3.8) is 0 Å². The van der Waals surface area contributed by atoms with Crippen LogP contribution in [0.4, 0.5) is 9.59 Å². The molecule has 0 aliphatic carbocycles. The van der Waals surface area contributed by atoms with E-state index >= 15 is 0 Å². The van der Waals surface area contributed by atoms with E-state index in [2.05, 4.69) is 132 Å². The van der Waals surface area contributed by atoms with Crippen LogP contribution in [-0.4, -0.2) is 81.0 Å². The fourth-order valence-electron chi connectivity index (χ4n) is 9.85. The Balaban J connectivity index is 0.000000260. The van der Waals surface area contributed by atoms with Gasteiger partial charge in [-0.2, -0.15) is 0 Å². The van der Waals surface area contributed by atoms with Crippen molar-refractivity contribution in [2.24, 2.45) is 0 Å². The van der Waals surface area contributed by atoms with Gasteiger partial charge >= 0.3 is 12.3 Å². The SMILES string of the molecule is CC1(C)CC(OC(=O)OC2CC(C)(C)NC(C)(C)C2)CC(C)(C)N1.CC1(C)CC(OC(=O)OC2CC(C)(C)NC(C)(C)C2)CC(C)(C)N1. The number of carbonyl (C=O) groups excluding carboxylic acids is 2. The van der Waals surface area contributed by atoms with Gasteiger partial charge in [0.15, 0.2) is 0 Å². The first-order valence-corrected chi connectivity index (χ1v) is 18.3. The van der Waals surface area contributed by atoms with Gasteiger partial charge in [-0.15, -0.1) is 0 Å². The summed E-state index contributed by atoms with van der Waals surface area (Å²) in [6.07, 6.45) is 4.94. The van der Waals surface area contributed by atoms with Crippen molar-refractivity contribution < 1.29 is 28.5 Å². The molecule has 0 aromatic rings. The van der Waals surface area contributed by atoms with Crippen molar-refractivity contribution in [3.8, 4) is 0 Å². The molecule has 0 amide bonds. The lowest BCUT2D eigenvalue weighted by molar-refractivity contribution is -0.0549. The van der Waals surface area contributed by atoms with Crippen molar-refractivity contribution in [1.29, 1.82) is 0 Å². The van der Waals surface area contributed by atoms with E-state index in [1.54, 1.807) is 0 Å². The topological polar surface area (TPSA) is 119 Å². The fraction of sp³-hybridized carbons (Fsp3) is 0.947. The van der Waals surface area contributed by atoms with Crippen LogP contribution in [0.3, 0.4) is 0 Å². The summed E-state index contributed by atoms with van der Waals surface area (Å²) in [5, 5.41) is 14.4. The largest absolute Gasteiger partial charge is 0.508 e.